The van der Waals surface area contributed by atoms with Crippen LogP contribution < -0.4 is 5.32 Å². The number of benzene rings is 3. The van der Waals surface area contributed by atoms with Gasteiger partial charge < -0.3 is 5.32 Å². The molecule has 1 unspecified atom stereocenters. The summed E-state index contributed by atoms with van der Waals surface area (Å²) in [5, 5.41) is 2.14. The molecule has 0 radical (unpaired) electrons. The molecular weight excluding hydrogens is 506 g/mol. The van der Waals surface area contributed by atoms with Crippen LogP contribution in [0.2, 0.25) is 0 Å². The minimum absolute atomic E-state index is 0.000586. The molecule has 1 aliphatic rings. The lowest BCUT2D eigenvalue weighted by molar-refractivity contribution is -0.137. The number of amides is 2. The molecule has 10 heteroatoms. The highest BCUT2D eigenvalue weighted by Gasteiger charge is 2.36. The van der Waals surface area contributed by atoms with Crippen LogP contribution in [0.5, 0.6) is 0 Å². The molecule has 1 N–H and O–H groups in total. The van der Waals surface area contributed by atoms with Gasteiger partial charge in [-0.05, 0) is 47.9 Å². The van der Waals surface area contributed by atoms with Crippen LogP contribution in [0.4, 0.5) is 23.2 Å². The smallest absolute Gasteiger partial charge is 0.355 e. The van der Waals surface area contributed by atoms with Gasteiger partial charge in [-0.3, -0.25) is 14.5 Å². The highest BCUT2D eigenvalue weighted by Crippen LogP contribution is 2.34. The van der Waals surface area contributed by atoms with E-state index in [1.165, 1.54) is 41.3 Å². The quantitative estimate of drug-likeness (QED) is 0.398. The van der Waals surface area contributed by atoms with Crippen LogP contribution in [0.3, 0.4) is 0 Å². The molecule has 0 saturated carbocycles. The Hall–Kier alpha value is -3.66. The van der Waals surface area contributed by atoms with Crippen LogP contribution >= 0.6 is 11.8 Å². The van der Waals surface area contributed by atoms with Gasteiger partial charge in [0.2, 0.25) is 11.8 Å². The summed E-state index contributed by atoms with van der Waals surface area (Å²) in [7, 11) is 0. The first-order valence-electron chi connectivity index (χ1n) is 11.5. The number of amidine groups is 1. The molecule has 1 atom stereocenters. The number of thioether (sulfide) groups is 1. The van der Waals surface area contributed by atoms with Gasteiger partial charge in [-0.2, -0.15) is 13.2 Å². The van der Waals surface area contributed by atoms with Gasteiger partial charge in [-0.1, -0.05) is 60.3 Å². The van der Waals surface area contributed by atoms with E-state index < -0.39 is 28.7 Å². The number of aliphatic imine (C=N–C) groups is 1. The van der Waals surface area contributed by atoms with E-state index in [-0.39, 0.29) is 29.7 Å². The van der Waals surface area contributed by atoms with Crippen molar-refractivity contribution in [2.45, 2.75) is 30.8 Å². The fourth-order valence-corrected chi connectivity index (χ4v) is 4.84. The van der Waals surface area contributed by atoms with E-state index in [0.29, 0.717) is 18.5 Å². The molecule has 5 nitrogen and oxygen atoms in total. The number of hydrogen-bond donors (Lipinski definition) is 1. The van der Waals surface area contributed by atoms with Crippen LogP contribution in [0, 0.1) is 5.82 Å². The third kappa shape index (κ3) is 7.19. The van der Waals surface area contributed by atoms with Crippen LogP contribution in [0.15, 0.2) is 83.9 Å². The molecule has 1 saturated heterocycles. The highest BCUT2D eigenvalue weighted by molar-refractivity contribution is 8.15. The van der Waals surface area contributed by atoms with E-state index in [4.69, 9.17) is 0 Å². The second kappa shape index (κ2) is 11.6. The Morgan fingerprint density at radius 1 is 1.00 bits per heavy atom. The van der Waals surface area contributed by atoms with Crippen molar-refractivity contribution in [2.75, 3.05) is 6.54 Å². The molecule has 2 amide bonds. The maximum atomic E-state index is 13.3. The second-order valence-corrected chi connectivity index (χ2v) is 9.56. The lowest BCUT2D eigenvalue weighted by atomic mass is 10.1. The van der Waals surface area contributed by atoms with Gasteiger partial charge in [0, 0.05) is 13.0 Å². The predicted octanol–water partition coefficient (Wildman–Crippen LogP) is 5.73. The zero-order valence-corrected chi connectivity index (χ0v) is 20.4. The molecule has 0 aliphatic carbocycles. The Morgan fingerprint density at radius 2 is 1.73 bits per heavy atom. The minimum Gasteiger partial charge on any atom is -0.355 e. The summed E-state index contributed by atoms with van der Waals surface area (Å²) in [6, 6.07) is 19.6. The number of carbonyl (C=O) groups is 2. The average Bonchev–Trinajstić information content (AvgIpc) is 2.87. The third-order valence-corrected chi connectivity index (χ3v) is 6.83. The summed E-state index contributed by atoms with van der Waals surface area (Å²) < 4.78 is 53.0. The summed E-state index contributed by atoms with van der Waals surface area (Å²) in [6.45, 7) is 0.403. The van der Waals surface area contributed by atoms with Crippen LogP contribution in [-0.4, -0.2) is 33.7 Å². The van der Waals surface area contributed by atoms with Crippen molar-refractivity contribution in [3.63, 3.8) is 0 Å². The number of rotatable bonds is 7. The predicted molar refractivity (Wildman–Crippen MR) is 135 cm³/mol. The number of alkyl halides is 3. The number of hydrogen-bond acceptors (Lipinski definition) is 4. The molecule has 0 spiro atoms. The summed E-state index contributed by atoms with van der Waals surface area (Å²) >= 11 is 1.02. The number of nitrogens with one attached hydrogen (secondary N) is 1. The topological polar surface area (TPSA) is 61.8 Å². The molecule has 1 fully saturated rings. The fourth-order valence-electron chi connectivity index (χ4n) is 3.72. The van der Waals surface area contributed by atoms with Gasteiger partial charge in [0.25, 0.3) is 0 Å². The van der Waals surface area contributed by atoms with Gasteiger partial charge in [-0.25, -0.2) is 9.38 Å². The van der Waals surface area contributed by atoms with Gasteiger partial charge in [0.1, 0.15) is 5.82 Å². The summed E-state index contributed by atoms with van der Waals surface area (Å²) in [5.74, 6) is -1.20. The normalized spacial score (nSPS) is 17.2. The van der Waals surface area contributed by atoms with Crippen molar-refractivity contribution in [2.24, 2.45) is 4.99 Å². The zero-order chi connectivity index (χ0) is 26.4. The lowest BCUT2D eigenvalue weighted by Crippen LogP contribution is -2.46. The molecule has 0 bridgehead atoms. The number of nitrogens with zero attached hydrogens (tertiary/aromatic N) is 2. The molecule has 37 heavy (non-hydrogen) atoms. The largest absolute Gasteiger partial charge is 0.416 e. The summed E-state index contributed by atoms with van der Waals surface area (Å²) in [5.41, 5.74) is 0.784. The number of halogens is 4. The van der Waals surface area contributed by atoms with E-state index in [1.807, 2.05) is 30.3 Å². The first-order chi connectivity index (χ1) is 17.7. The van der Waals surface area contributed by atoms with Crippen molar-refractivity contribution in [1.29, 1.82) is 0 Å². The first-order valence-corrected chi connectivity index (χ1v) is 12.4. The molecule has 0 aromatic heterocycles. The second-order valence-electron chi connectivity index (χ2n) is 8.39. The van der Waals surface area contributed by atoms with Gasteiger partial charge in [0.15, 0.2) is 5.17 Å². The van der Waals surface area contributed by atoms with Crippen molar-refractivity contribution in [3.8, 4) is 0 Å². The van der Waals surface area contributed by atoms with Crippen molar-refractivity contribution in [1.82, 2.24) is 10.2 Å². The molecular formula is C27H23F4N3O2S. The molecule has 3 aromatic rings. The van der Waals surface area contributed by atoms with Crippen LogP contribution in [0.25, 0.3) is 0 Å². The maximum absolute atomic E-state index is 13.3. The van der Waals surface area contributed by atoms with Crippen LogP contribution in [-0.2, 0) is 28.7 Å². The molecule has 1 aliphatic heterocycles. The molecule has 3 aromatic carbocycles. The van der Waals surface area contributed by atoms with E-state index in [1.54, 1.807) is 0 Å². The van der Waals surface area contributed by atoms with E-state index >= 15 is 0 Å². The Morgan fingerprint density at radius 3 is 2.43 bits per heavy atom. The maximum Gasteiger partial charge on any atom is 0.416 e. The highest BCUT2D eigenvalue weighted by atomic mass is 32.2. The fraction of sp³-hybridized carbons (Fsp3) is 0.222. The molecule has 1 heterocycles. The Bertz CT molecular complexity index is 1280. The molecule has 192 valence electrons. The standard InChI is InChI=1S/C27H23F4N3O2S/c28-21-11-9-19(10-12-21)17-34-24(35)16-23(25(36)32-14-13-18-5-2-1-3-6-18)37-26(34)33-22-8-4-7-20(15-22)27(29,30)31/h1-12,15,23H,13-14,16-17H2,(H,32,36). The van der Waals surface area contributed by atoms with Crippen molar-refractivity contribution >= 4 is 34.4 Å². The monoisotopic (exact) mass is 529 g/mol. The number of carbonyl (C=O) groups excluding carboxylic acids is 2. The Balaban J connectivity index is 1.55. The van der Waals surface area contributed by atoms with Gasteiger partial charge >= 0.3 is 6.18 Å². The minimum atomic E-state index is -4.55. The van der Waals surface area contributed by atoms with E-state index in [2.05, 4.69) is 10.3 Å². The van der Waals surface area contributed by atoms with Crippen molar-refractivity contribution < 1.29 is 27.2 Å². The van der Waals surface area contributed by atoms with Gasteiger partial charge in [-0.15, -0.1) is 0 Å². The Labute approximate surface area is 215 Å². The summed E-state index contributed by atoms with van der Waals surface area (Å²) in [6.07, 6.45) is -4.05. The zero-order valence-electron chi connectivity index (χ0n) is 19.5. The Kier molecular flexibility index (Phi) is 8.27. The lowest BCUT2D eigenvalue weighted by Gasteiger charge is -2.32. The third-order valence-electron chi connectivity index (χ3n) is 5.64. The van der Waals surface area contributed by atoms with Crippen molar-refractivity contribution in [3.05, 3.63) is 101 Å². The average molecular weight is 530 g/mol. The summed E-state index contributed by atoms with van der Waals surface area (Å²) in [4.78, 5) is 31.6. The van der Waals surface area contributed by atoms with E-state index in [0.717, 1.165) is 29.5 Å². The molecule has 4 rings (SSSR count). The van der Waals surface area contributed by atoms with Crippen LogP contribution in [0.1, 0.15) is 23.1 Å². The first kappa shape index (κ1) is 26.4. The van der Waals surface area contributed by atoms with E-state index in [9.17, 15) is 27.2 Å². The van der Waals surface area contributed by atoms with Gasteiger partial charge in [0.05, 0.1) is 23.0 Å². The SMILES string of the molecule is O=C(NCCc1ccccc1)C1CC(=O)N(Cc2ccc(F)cc2)C(=Nc2cccc(C(F)(F)F)c2)S1.